The van der Waals surface area contributed by atoms with Gasteiger partial charge in [-0.1, -0.05) is 6.07 Å². The number of ether oxygens (including phenoxy) is 2. The van der Waals surface area contributed by atoms with E-state index in [1.807, 2.05) is 24.5 Å². The molecule has 2 aliphatic heterocycles. The average Bonchev–Trinajstić information content (AvgIpc) is 3.40. The Kier molecular flexibility index (Phi) is 7.02. The third kappa shape index (κ3) is 4.84. The number of allylic oxidation sites excluding steroid dienone is 1. The van der Waals surface area contributed by atoms with Crippen molar-refractivity contribution in [2.24, 2.45) is 4.99 Å². The zero-order valence-corrected chi connectivity index (χ0v) is 18.3. The van der Waals surface area contributed by atoms with Crippen LogP contribution in [-0.4, -0.2) is 66.5 Å². The lowest BCUT2D eigenvalue weighted by Gasteiger charge is -2.31. The van der Waals surface area contributed by atoms with Gasteiger partial charge in [-0.3, -0.25) is 9.79 Å². The molecule has 1 saturated heterocycles. The fourth-order valence-electron chi connectivity index (χ4n) is 3.65. The van der Waals surface area contributed by atoms with Crippen molar-refractivity contribution in [3.8, 4) is 0 Å². The number of aliphatic imine (C=N–C) groups is 1. The summed E-state index contributed by atoms with van der Waals surface area (Å²) in [5, 5.41) is 2.60. The van der Waals surface area contributed by atoms with Gasteiger partial charge in [-0.25, -0.2) is 9.78 Å². The van der Waals surface area contributed by atoms with Gasteiger partial charge in [0.25, 0.3) is 0 Å². The van der Waals surface area contributed by atoms with E-state index in [2.05, 4.69) is 36.0 Å². The molecule has 3 rings (SSSR count). The van der Waals surface area contributed by atoms with E-state index in [0.717, 1.165) is 34.3 Å². The van der Waals surface area contributed by atoms with Crippen molar-refractivity contribution in [3.05, 3.63) is 34.7 Å². The Balaban J connectivity index is 1.71. The van der Waals surface area contributed by atoms with Crippen LogP contribution < -0.4 is 5.32 Å². The van der Waals surface area contributed by atoms with Crippen molar-refractivity contribution in [1.29, 1.82) is 0 Å². The number of alkyl carbamates (subject to hydrolysis) is 1. The molecule has 1 aromatic heterocycles. The smallest absolute Gasteiger partial charge is 0.407 e. The van der Waals surface area contributed by atoms with Gasteiger partial charge in [0.15, 0.2) is 0 Å². The van der Waals surface area contributed by atoms with Gasteiger partial charge < -0.3 is 19.7 Å². The molecule has 29 heavy (non-hydrogen) atoms. The van der Waals surface area contributed by atoms with Crippen molar-refractivity contribution in [2.75, 3.05) is 20.8 Å². The summed E-state index contributed by atoms with van der Waals surface area (Å²) in [5.41, 5.74) is 3.05. The van der Waals surface area contributed by atoms with Gasteiger partial charge >= 0.3 is 6.09 Å². The van der Waals surface area contributed by atoms with Gasteiger partial charge in [-0.15, -0.1) is 0 Å². The molecule has 1 fully saturated rings. The summed E-state index contributed by atoms with van der Waals surface area (Å²) >= 11 is 3.34. The number of rotatable bonds is 6. The van der Waals surface area contributed by atoms with Crippen molar-refractivity contribution in [3.63, 3.8) is 0 Å². The van der Waals surface area contributed by atoms with Crippen LogP contribution in [0.15, 0.2) is 34.1 Å². The molecule has 9 heteroatoms. The fraction of sp³-hybridized carbons (Fsp3) is 0.500. The lowest BCUT2D eigenvalue weighted by atomic mass is 9.99. The Morgan fingerprint density at radius 1 is 1.34 bits per heavy atom. The van der Waals surface area contributed by atoms with Gasteiger partial charge in [-0.05, 0) is 52.9 Å². The zero-order chi connectivity index (χ0) is 21.0. The monoisotopic (exact) mass is 464 g/mol. The third-order valence-corrected chi connectivity index (χ3v) is 5.81. The van der Waals surface area contributed by atoms with E-state index in [9.17, 15) is 9.59 Å². The maximum Gasteiger partial charge on any atom is 0.407 e. The summed E-state index contributed by atoms with van der Waals surface area (Å²) in [6.45, 7) is 2.37. The number of hydrogen-bond acceptors (Lipinski definition) is 6. The van der Waals surface area contributed by atoms with Crippen LogP contribution in [0.1, 0.15) is 31.7 Å². The van der Waals surface area contributed by atoms with E-state index in [4.69, 9.17) is 4.74 Å². The first kappa shape index (κ1) is 21.4. The fourth-order valence-corrected chi connectivity index (χ4v) is 3.89. The summed E-state index contributed by atoms with van der Waals surface area (Å²) in [4.78, 5) is 35.6. The average molecular weight is 465 g/mol. The molecule has 1 N–H and O–H groups in total. The molecule has 3 atom stereocenters. The second-order valence-electron chi connectivity index (χ2n) is 7.07. The van der Waals surface area contributed by atoms with E-state index < -0.39 is 18.2 Å². The Labute approximate surface area is 178 Å². The molecule has 0 bridgehead atoms. The van der Waals surface area contributed by atoms with Gasteiger partial charge in [0.05, 0.1) is 19.3 Å². The van der Waals surface area contributed by atoms with Crippen LogP contribution >= 0.6 is 15.9 Å². The van der Waals surface area contributed by atoms with Crippen LogP contribution in [0.25, 0.3) is 5.57 Å². The van der Waals surface area contributed by atoms with E-state index in [1.54, 1.807) is 11.8 Å². The number of halogens is 1. The Hall–Kier alpha value is -2.26. The minimum atomic E-state index is -0.821. The molecule has 0 aliphatic carbocycles. The second kappa shape index (κ2) is 9.49. The van der Waals surface area contributed by atoms with Crippen LogP contribution in [0, 0.1) is 0 Å². The lowest BCUT2D eigenvalue weighted by molar-refractivity contribution is -0.136. The molecule has 0 radical (unpaired) electrons. The minimum Gasteiger partial charge on any atom is -0.453 e. The summed E-state index contributed by atoms with van der Waals surface area (Å²) in [6.07, 6.45) is 4.91. The number of pyridine rings is 1. The molecule has 2 amide bonds. The number of hydrogen-bond donors (Lipinski definition) is 1. The Bertz CT molecular complexity index is 824. The standard InChI is InChI=1S/C20H25BrN4O4/c1-12(28-2)18(24-20(27)29-3)19(26)25-8-4-5-16(25)15-9-14(11-22-15)13-6-7-17(21)23-10-13/h6-7,10-12,16,18H,4-5,8-9H2,1-3H3,(H,24,27)/t12-,16+,18+/m1/s1. The molecule has 0 aromatic carbocycles. The van der Waals surface area contributed by atoms with E-state index in [1.165, 1.54) is 14.2 Å². The molecule has 1 aromatic rings. The predicted octanol–water partition coefficient (Wildman–Crippen LogP) is 2.78. The molecule has 8 nitrogen and oxygen atoms in total. The molecule has 0 unspecified atom stereocenters. The van der Waals surface area contributed by atoms with Crippen molar-refractivity contribution < 1.29 is 19.1 Å². The van der Waals surface area contributed by atoms with E-state index in [-0.39, 0.29) is 11.9 Å². The number of nitrogens with one attached hydrogen (secondary N) is 1. The van der Waals surface area contributed by atoms with Crippen LogP contribution in [0.5, 0.6) is 0 Å². The molecule has 0 spiro atoms. The molecule has 0 saturated carbocycles. The third-order valence-electron chi connectivity index (χ3n) is 5.34. The summed E-state index contributed by atoms with van der Waals surface area (Å²) in [5.74, 6) is -0.186. The van der Waals surface area contributed by atoms with Gasteiger partial charge in [-0.2, -0.15) is 0 Å². The van der Waals surface area contributed by atoms with Gasteiger partial charge in [0.2, 0.25) is 5.91 Å². The Morgan fingerprint density at radius 3 is 2.79 bits per heavy atom. The van der Waals surface area contributed by atoms with Crippen molar-refractivity contribution in [2.45, 2.75) is 44.4 Å². The first-order chi connectivity index (χ1) is 13.9. The SMILES string of the molecule is COC(=O)N[C@H](C(=O)N1CCC[C@H]1C1=NC=C(c2ccc(Br)nc2)C1)[C@@H](C)OC. The Morgan fingerprint density at radius 2 is 2.14 bits per heavy atom. The summed E-state index contributed by atoms with van der Waals surface area (Å²) in [7, 11) is 2.78. The highest BCUT2D eigenvalue weighted by atomic mass is 79.9. The zero-order valence-electron chi connectivity index (χ0n) is 16.7. The van der Waals surface area contributed by atoms with E-state index in [0.29, 0.717) is 13.0 Å². The quantitative estimate of drug-likeness (QED) is 0.653. The molecule has 3 heterocycles. The number of aromatic nitrogens is 1. The van der Waals surface area contributed by atoms with Gasteiger partial charge in [0.1, 0.15) is 10.6 Å². The lowest BCUT2D eigenvalue weighted by Crippen LogP contribution is -2.56. The summed E-state index contributed by atoms with van der Waals surface area (Å²) in [6, 6.07) is 2.98. The number of amides is 2. The van der Waals surface area contributed by atoms with Crippen molar-refractivity contribution in [1.82, 2.24) is 15.2 Å². The minimum absolute atomic E-state index is 0.0920. The predicted molar refractivity (Wildman–Crippen MR) is 113 cm³/mol. The largest absolute Gasteiger partial charge is 0.453 e. The molecule has 156 valence electrons. The molecular formula is C20H25BrN4O4. The molecular weight excluding hydrogens is 440 g/mol. The van der Waals surface area contributed by atoms with Gasteiger partial charge in [0, 0.05) is 38.2 Å². The number of carbonyl (C=O) groups excluding carboxylic acids is 2. The number of carbonyl (C=O) groups is 2. The second-order valence-corrected chi connectivity index (χ2v) is 7.88. The highest BCUT2D eigenvalue weighted by Crippen LogP contribution is 2.30. The highest BCUT2D eigenvalue weighted by Gasteiger charge is 2.39. The number of methoxy groups -OCH3 is 2. The van der Waals surface area contributed by atoms with Crippen LogP contribution in [0.2, 0.25) is 0 Å². The van der Waals surface area contributed by atoms with Crippen molar-refractivity contribution >= 4 is 39.2 Å². The summed E-state index contributed by atoms with van der Waals surface area (Å²) < 4.78 is 10.8. The molecule has 2 aliphatic rings. The van der Waals surface area contributed by atoms with Crippen LogP contribution in [0.4, 0.5) is 4.79 Å². The highest BCUT2D eigenvalue weighted by molar-refractivity contribution is 9.10. The first-order valence-electron chi connectivity index (χ1n) is 9.50. The first-order valence-corrected chi connectivity index (χ1v) is 10.3. The topological polar surface area (TPSA) is 93.1 Å². The maximum atomic E-state index is 13.2. The van der Waals surface area contributed by atoms with Crippen LogP contribution in [0.3, 0.4) is 0 Å². The normalized spacial score (nSPS) is 20.7. The number of likely N-dealkylation sites (tertiary alicyclic amines) is 1. The maximum absolute atomic E-state index is 13.2. The number of nitrogens with zero attached hydrogens (tertiary/aromatic N) is 3. The van der Waals surface area contributed by atoms with Crippen LogP contribution in [-0.2, 0) is 14.3 Å². The van der Waals surface area contributed by atoms with E-state index >= 15 is 0 Å².